The standard InChI is InChI=1S/C32H32ClF3N4O7/c33-31-37-30(40(42)43)19-39(31)16-13-24(41)21-45-25-7-3-23(4-8-25)38-17-14-28(15-18-38)46-27-11-9-26(10-12-27)44-20-22-1-5-29(6-2-22)47-32(34,35)36/h1-12,19,24,28,41H,13-18,20-21H2/t24-/m0/s1. The molecule has 0 aliphatic carbocycles. The number of aliphatic hydroxyl groups excluding tert-OH is 1. The molecule has 0 spiro atoms. The molecule has 1 atom stereocenters. The highest BCUT2D eigenvalue weighted by atomic mass is 35.5. The molecule has 47 heavy (non-hydrogen) atoms. The van der Waals surface area contributed by atoms with Crippen LogP contribution in [0.1, 0.15) is 24.8 Å². The summed E-state index contributed by atoms with van der Waals surface area (Å²) >= 11 is 5.91. The summed E-state index contributed by atoms with van der Waals surface area (Å²) < 4.78 is 59.9. The molecule has 1 aromatic heterocycles. The number of aliphatic hydroxyl groups is 1. The smallest absolute Gasteiger partial charge is 0.491 e. The molecule has 1 aliphatic rings. The second kappa shape index (κ2) is 15.3. The van der Waals surface area contributed by atoms with Gasteiger partial charge in [0, 0.05) is 38.2 Å². The maximum atomic E-state index is 12.3. The molecule has 1 aliphatic heterocycles. The van der Waals surface area contributed by atoms with Crippen LogP contribution in [0.4, 0.5) is 24.7 Å². The van der Waals surface area contributed by atoms with Crippen LogP contribution in [0.15, 0.2) is 79.0 Å². The summed E-state index contributed by atoms with van der Waals surface area (Å²) in [7, 11) is 0. The lowest BCUT2D eigenvalue weighted by molar-refractivity contribution is -0.389. The zero-order valence-electron chi connectivity index (χ0n) is 25.0. The molecule has 1 N–H and O–H groups in total. The van der Waals surface area contributed by atoms with Gasteiger partial charge in [-0.3, -0.25) is 4.57 Å². The van der Waals surface area contributed by atoms with Crippen LogP contribution in [-0.4, -0.2) is 57.8 Å². The maximum Gasteiger partial charge on any atom is 0.573 e. The number of nitro groups is 1. The van der Waals surface area contributed by atoms with E-state index < -0.39 is 17.4 Å². The SMILES string of the molecule is O=[N+]([O-])c1cn(CC[C@H](O)COc2ccc(N3CCC(Oc4ccc(OCc5ccc(OC(F)(F)F)cc5)cc4)CC3)cc2)c(Cl)n1. The Morgan fingerprint density at radius 2 is 1.53 bits per heavy atom. The summed E-state index contributed by atoms with van der Waals surface area (Å²) in [6.07, 6.45) is -2.29. The first-order valence-electron chi connectivity index (χ1n) is 14.8. The molecule has 250 valence electrons. The van der Waals surface area contributed by atoms with Crippen molar-refractivity contribution in [3.05, 3.63) is 100.0 Å². The second-order valence-electron chi connectivity index (χ2n) is 10.8. The number of benzene rings is 3. The van der Waals surface area contributed by atoms with Gasteiger partial charge < -0.3 is 39.1 Å². The van der Waals surface area contributed by atoms with Crippen LogP contribution < -0.4 is 23.8 Å². The van der Waals surface area contributed by atoms with Crippen molar-refractivity contribution in [1.29, 1.82) is 0 Å². The van der Waals surface area contributed by atoms with Crippen molar-refractivity contribution < 1.29 is 42.1 Å². The summed E-state index contributed by atoms with van der Waals surface area (Å²) in [6, 6.07) is 20.4. The zero-order chi connectivity index (χ0) is 33.4. The van der Waals surface area contributed by atoms with E-state index in [1.807, 2.05) is 36.4 Å². The quantitative estimate of drug-likeness (QED) is 0.114. The second-order valence-corrected chi connectivity index (χ2v) is 11.2. The average molecular weight is 677 g/mol. The molecule has 15 heteroatoms. The monoisotopic (exact) mass is 676 g/mol. The number of anilines is 1. The Hall–Kier alpha value is -4.69. The van der Waals surface area contributed by atoms with E-state index in [-0.39, 0.29) is 49.1 Å². The van der Waals surface area contributed by atoms with Crippen molar-refractivity contribution in [3.63, 3.8) is 0 Å². The number of imidazole rings is 1. The van der Waals surface area contributed by atoms with Crippen LogP contribution in [-0.2, 0) is 13.2 Å². The van der Waals surface area contributed by atoms with E-state index in [0.717, 1.165) is 37.4 Å². The van der Waals surface area contributed by atoms with E-state index in [1.54, 1.807) is 12.1 Å². The number of rotatable bonds is 14. The first-order valence-corrected chi connectivity index (χ1v) is 15.2. The highest BCUT2D eigenvalue weighted by Crippen LogP contribution is 2.27. The van der Waals surface area contributed by atoms with Crippen molar-refractivity contribution in [2.75, 3.05) is 24.6 Å². The Labute approximate surface area is 273 Å². The van der Waals surface area contributed by atoms with Crippen LogP contribution in [0.5, 0.6) is 23.0 Å². The Morgan fingerprint density at radius 1 is 0.936 bits per heavy atom. The Bertz CT molecular complexity index is 1600. The number of hydrogen-bond acceptors (Lipinski definition) is 9. The van der Waals surface area contributed by atoms with Crippen LogP contribution in [0, 0.1) is 10.1 Å². The lowest BCUT2D eigenvalue weighted by Gasteiger charge is -2.33. The number of hydrogen-bond donors (Lipinski definition) is 1. The van der Waals surface area contributed by atoms with Gasteiger partial charge in [0.15, 0.2) is 0 Å². The zero-order valence-corrected chi connectivity index (χ0v) is 25.8. The van der Waals surface area contributed by atoms with Gasteiger partial charge in [0.05, 0.1) is 6.10 Å². The molecule has 0 unspecified atom stereocenters. The minimum absolute atomic E-state index is 0.0103. The molecule has 0 saturated carbocycles. The summed E-state index contributed by atoms with van der Waals surface area (Å²) in [5.41, 5.74) is 1.76. The van der Waals surface area contributed by atoms with Crippen molar-refractivity contribution in [2.24, 2.45) is 0 Å². The van der Waals surface area contributed by atoms with E-state index in [4.69, 9.17) is 25.8 Å². The van der Waals surface area contributed by atoms with E-state index in [1.165, 1.54) is 35.0 Å². The van der Waals surface area contributed by atoms with Gasteiger partial charge >= 0.3 is 17.5 Å². The number of piperidine rings is 1. The van der Waals surface area contributed by atoms with Gasteiger partial charge in [0.25, 0.3) is 0 Å². The minimum Gasteiger partial charge on any atom is -0.491 e. The molecule has 0 bridgehead atoms. The molecule has 11 nitrogen and oxygen atoms in total. The first kappa shape index (κ1) is 33.7. The van der Waals surface area contributed by atoms with Gasteiger partial charge in [-0.05, 0) is 94.2 Å². The van der Waals surface area contributed by atoms with E-state index in [2.05, 4.69) is 14.6 Å². The predicted octanol–water partition coefficient (Wildman–Crippen LogP) is 6.80. The molecule has 2 heterocycles. The van der Waals surface area contributed by atoms with Gasteiger partial charge in [0.2, 0.25) is 0 Å². The number of halogens is 4. The lowest BCUT2D eigenvalue weighted by Crippen LogP contribution is -2.38. The fourth-order valence-corrected chi connectivity index (χ4v) is 5.15. The molecule has 1 fully saturated rings. The summed E-state index contributed by atoms with van der Waals surface area (Å²) in [5.74, 6) is 1.32. The summed E-state index contributed by atoms with van der Waals surface area (Å²) in [6.45, 7) is 2.13. The van der Waals surface area contributed by atoms with Crippen LogP contribution >= 0.6 is 11.6 Å². The van der Waals surface area contributed by atoms with Gasteiger partial charge in [-0.1, -0.05) is 12.1 Å². The highest BCUT2D eigenvalue weighted by molar-refractivity contribution is 6.28. The summed E-state index contributed by atoms with van der Waals surface area (Å²) in [4.78, 5) is 16.1. The van der Waals surface area contributed by atoms with Crippen molar-refractivity contribution in [2.45, 2.75) is 51.0 Å². The average Bonchev–Trinajstić information content (AvgIpc) is 3.43. The molecule has 3 aromatic carbocycles. The molecule has 0 radical (unpaired) electrons. The number of aromatic nitrogens is 2. The van der Waals surface area contributed by atoms with E-state index in [9.17, 15) is 28.4 Å². The minimum atomic E-state index is -4.73. The van der Waals surface area contributed by atoms with Crippen molar-refractivity contribution in [3.8, 4) is 23.0 Å². The Balaban J connectivity index is 0.996. The molecular weight excluding hydrogens is 645 g/mol. The van der Waals surface area contributed by atoms with Crippen LogP contribution in [0.25, 0.3) is 0 Å². The molecule has 5 rings (SSSR count). The number of ether oxygens (including phenoxy) is 4. The topological polar surface area (TPSA) is 121 Å². The molecule has 1 saturated heterocycles. The third kappa shape index (κ3) is 10.1. The Kier molecular flexibility index (Phi) is 10.9. The maximum absolute atomic E-state index is 12.3. The normalized spacial score (nSPS) is 14.4. The highest BCUT2D eigenvalue weighted by Gasteiger charge is 2.31. The van der Waals surface area contributed by atoms with Gasteiger partial charge in [-0.2, -0.15) is 0 Å². The van der Waals surface area contributed by atoms with Gasteiger partial charge in [-0.25, -0.2) is 0 Å². The predicted molar refractivity (Wildman–Crippen MR) is 166 cm³/mol. The van der Waals surface area contributed by atoms with E-state index in [0.29, 0.717) is 17.1 Å². The molecule has 4 aromatic rings. The van der Waals surface area contributed by atoms with Crippen molar-refractivity contribution >= 4 is 23.1 Å². The lowest BCUT2D eigenvalue weighted by atomic mass is 10.1. The van der Waals surface area contributed by atoms with Gasteiger partial charge in [0.1, 0.15) is 48.5 Å². The van der Waals surface area contributed by atoms with E-state index >= 15 is 0 Å². The fourth-order valence-electron chi connectivity index (χ4n) is 4.93. The largest absolute Gasteiger partial charge is 0.573 e. The molecular formula is C32H32ClF3N4O7. The van der Waals surface area contributed by atoms with Gasteiger partial charge in [-0.15, -0.1) is 13.2 Å². The number of aryl methyl sites for hydroxylation is 1. The fraction of sp³-hybridized carbons (Fsp3) is 0.344. The summed E-state index contributed by atoms with van der Waals surface area (Å²) in [5, 5.41) is 21.1. The Morgan fingerprint density at radius 3 is 2.15 bits per heavy atom. The van der Waals surface area contributed by atoms with Crippen LogP contribution in [0.3, 0.4) is 0 Å². The number of nitrogens with zero attached hydrogens (tertiary/aromatic N) is 4. The first-order chi connectivity index (χ1) is 22.5. The third-order valence-electron chi connectivity index (χ3n) is 7.38. The third-order valence-corrected chi connectivity index (χ3v) is 7.68. The number of alkyl halides is 3. The van der Waals surface area contributed by atoms with Crippen molar-refractivity contribution in [1.82, 2.24) is 9.55 Å². The molecule has 0 amide bonds. The van der Waals surface area contributed by atoms with Crippen LogP contribution in [0.2, 0.25) is 5.28 Å².